The maximum atomic E-state index is 11.9. The van der Waals surface area contributed by atoms with Crippen molar-refractivity contribution in [3.63, 3.8) is 0 Å². The standard InChI is InChI=1S/C13H15N5O/c1-18(2)13(19)11-7-10(11)8-4-3-5-9(6-8)12-14-16-17-15-12/h3-6,10-11H,7H2,1-2H3,(H,14,15,16,17)/t10-,11+/m0/s1. The van der Waals surface area contributed by atoms with Gasteiger partial charge in [-0.05, 0) is 29.2 Å². The van der Waals surface area contributed by atoms with Gasteiger partial charge >= 0.3 is 0 Å². The van der Waals surface area contributed by atoms with Crippen molar-refractivity contribution in [3.05, 3.63) is 29.8 Å². The lowest BCUT2D eigenvalue weighted by Crippen LogP contribution is -2.23. The highest BCUT2D eigenvalue weighted by molar-refractivity contribution is 5.82. The average Bonchev–Trinajstić information content (AvgIpc) is 3.02. The first-order chi connectivity index (χ1) is 9.16. The van der Waals surface area contributed by atoms with E-state index in [2.05, 4.69) is 26.7 Å². The minimum absolute atomic E-state index is 0.121. The summed E-state index contributed by atoms with van der Waals surface area (Å²) in [5.41, 5.74) is 2.09. The van der Waals surface area contributed by atoms with E-state index in [1.54, 1.807) is 19.0 Å². The predicted octanol–water partition coefficient (Wildman–Crippen LogP) is 1.06. The van der Waals surface area contributed by atoms with Crippen molar-refractivity contribution >= 4 is 5.91 Å². The lowest BCUT2D eigenvalue weighted by Gasteiger charge is -2.09. The van der Waals surface area contributed by atoms with Crippen LogP contribution in [0.3, 0.4) is 0 Å². The van der Waals surface area contributed by atoms with Gasteiger partial charge in [0, 0.05) is 25.6 Å². The molecule has 1 aliphatic rings. The fraction of sp³-hybridized carbons (Fsp3) is 0.385. The molecule has 98 valence electrons. The third kappa shape index (κ3) is 2.21. The van der Waals surface area contributed by atoms with Gasteiger partial charge < -0.3 is 4.90 Å². The van der Waals surface area contributed by atoms with Crippen LogP contribution in [-0.4, -0.2) is 45.5 Å². The van der Waals surface area contributed by atoms with Gasteiger partial charge in [0.1, 0.15) is 0 Å². The first-order valence-corrected chi connectivity index (χ1v) is 6.22. The summed E-state index contributed by atoms with van der Waals surface area (Å²) in [5, 5.41) is 13.9. The number of aromatic nitrogens is 4. The molecule has 1 heterocycles. The molecular formula is C13H15N5O. The summed E-state index contributed by atoms with van der Waals surface area (Å²) in [6, 6.07) is 8.01. The van der Waals surface area contributed by atoms with Gasteiger partial charge in [-0.2, -0.15) is 5.21 Å². The lowest BCUT2D eigenvalue weighted by atomic mass is 10.1. The van der Waals surface area contributed by atoms with E-state index in [1.165, 1.54) is 5.56 Å². The molecule has 1 fully saturated rings. The van der Waals surface area contributed by atoms with Crippen LogP contribution < -0.4 is 0 Å². The molecule has 3 rings (SSSR count). The number of nitrogens with one attached hydrogen (secondary N) is 1. The molecule has 1 aliphatic carbocycles. The number of nitrogens with zero attached hydrogens (tertiary/aromatic N) is 4. The van der Waals surface area contributed by atoms with Crippen LogP contribution in [0.15, 0.2) is 24.3 Å². The molecule has 0 saturated heterocycles. The zero-order valence-electron chi connectivity index (χ0n) is 10.9. The fourth-order valence-corrected chi connectivity index (χ4v) is 2.36. The number of H-pyrrole nitrogens is 1. The van der Waals surface area contributed by atoms with E-state index in [4.69, 9.17) is 0 Å². The number of carbonyl (C=O) groups excluding carboxylic acids is 1. The van der Waals surface area contributed by atoms with Crippen molar-refractivity contribution in [2.24, 2.45) is 5.92 Å². The Morgan fingerprint density at radius 3 is 2.95 bits per heavy atom. The van der Waals surface area contributed by atoms with Gasteiger partial charge in [-0.15, -0.1) is 10.2 Å². The molecule has 0 spiro atoms. The second-order valence-electron chi connectivity index (χ2n) is 5.04. The molecule has 1 N–H and O–H groups in total. The van der Waals surface area contributed by atoms with E-state index in [-0.39, 0.29) is 11.8 Å². The maximum absolute atomic E-state index is 11.9. The number of hydrogen-bond acceptors (Lipinski definition) is 4. The Morgan fingerprint density at radius 2 is 2.26 bits per heavy atom. The van der Waals surface area contributed by atoms with Crippen LogP contribution in [0.5, 0.6) is 0 Å². The molecule has 0 bridgehead atoms. The van der Waals surface area contributed by atoms with Gasteiger partial charge in [0.25, 0.3) is 0 Å². The molecule has 19 heavy (non-hydrogen) atoms. The zero-order valence-corrected chi connectivity index (χ0v) is 10.9. The van der Waals surface area contributed by atoms with Crippen LogP contribution in [0.2, 0.25) is 0 Å². The molecule has 6 nitrogen and oxygen atoms in total. The van der Waals surface area contributed by atoms with Crippen molar-refractivity contribution in [1.82, 2.24) is 25.5 Å². The Morgan fingerprint density at radius 1 is 1.42 bits per heavy atom. The number of amides is 1. The summed E-state index contributed by atoms with van der Waals surface area (Å²) in [7, 11) is 3.60. The summed E-state index contributed by atoms with van der Waals surface area (Å²) in [5.74, 6) is 1.23. The Labute approximate surface area is 110 Å². The van der Waals surface area contributed by atoms with Crippen LogP contribution in [-0.2, 0) is 4.79 Å². The van der Waals surface area contributed by atoms with Crippen LogP contribution in [0.4, 0.5) is 0 Å². The Bertz CT molecular complexity index is 593. The molecule has 1 amide bonds. The summed E-state index contributed by atoms with van der Waals surface area (Å²) in [6.45, 7) is 0. The van der Waals surface area contributed by atoms with Gasteiger partial charge in [-0.25, -0.2) is 0 Å². The van der Waals surface area contributed by atoms with E-state index >= 15 is 0 Å². The number of carbonyl (C=O) groups is 1. The first-order valence-electron chi connectivity index (χ1n) is 6.22. The Balaban J connectivity index is 1.81. The minimum atomic E-state index is 0.121. The first kappa shape index (κ1) is 11.8. The predicted molar refractivity (Wildman–Crippen MR) is 69.2 cm³/mol. The molecule has 0 radical (unpaired) electrons. The maximum Gasteiger partial charge on any atom is 0.225 e. The molecule has 0 unspecified atom stereocenters. The van der Waals surface area contributed by atoms with Gasteiger partial charge in [0.15, 0.2) is 0 Å². The highest BCUT2D eigenvalue weighted by Crippen LogP contribution is 2.48. The van der Waals surface area contributed by atoms with Crippen molar-refractivity contribution in [2.45, 2.75) is 12.3 Å². The number of hydrogen-bond donors (Lipinski definition) is 1. The number of benzene rings is 1. The van der Waals surface area contributed by atoms with Gasteiger partial charge in [-0.3, -0.25) is 4.79 Å². The van der Waals surface area contributed by atoms with Crippen LogP contribution in [0.25, 0.3) is 11.4 Å². The van der Waals surface area contributed by atoms with E-state index in [9.17, 15) is 4.79 Å². The summed E-state index contributed by atoms with van der Waals surface area (Å²) in [6.07, 6.45) is 0.923. The number of rotatable bonds is 3. The molecule has 2 atom stereocenters. The topological polar surface area (TPSA) is 74.8 Å². The lowest BCUT2D eigenvalue weighted by molar-refractivity contribution is -0.130. The van der Waals surface area contributed by atoms with Crippen LogP contribution in [0.1, 0.15) is 17.9 Å². The highest BCUT2D eigenvalue weighted by atomic mass is 16.2. The SMILES string of the molecule is CN(C)C(=O)[C@@H]1C[C@H]1c1cccc(-c2nn[nH]n2)c1. The van der Waals surface area contributed by atoms with Gasteiger partial charge in [0.2, 0.25) is 11.7 Å². The third-order valence-corrected chi connectivity index (χ3v) is 3.47. The Hall–Kier alpha value is -2.24. The molecule has 1 saturated carbocycles. The fourth-order valence-electron chi connectivity index (χ4n) is 2.36. The van der Waals surface area contributed by atoms with Crippen molar-refractivity contribution < 1.29 is 4.79 Å². The number of tetrazole rings is 1. The van der Waals surface area contributed by atoms with Crippen LogP contribution >= 0.6 is 0 Å². The largest absolute Gasteiger partial charge is 0.349 e. The molecule has 1 aromatic carbocycles. The van der Waals surface area contributed by atoms with E-state index in [1.807, 2.05) is 18.2 Å². The van der Waals surface area contributed by atoms with Gasteiger partial charge in [-0.1, -0.05) is 18.2 Å². The second kappa shape index (κ2) is 4.46. The second-order valence-corrected chi connectivity index (χ2v) is 5.04. The van der Waals surface area contributed by atoms with E-state index in [0.717, 1.165) is 12.0 Å². The summed E-state index contributed by atoms with van der Waals surface area (Å²) in [4.78, 5) is 13.5. The normalized spacial score (nSPS) is 21.2. The van der Waals surface area contributed by atoms with Gasteiger partial charge in [0.05, 0.1) is 0 Å². The third-order valence-electron chi connectivity index (χ3n) is 3.47. The molecule has 1 aromatic heterocycles. The van der Waals surface area contributed by atoms with Crippen molar-refractivity contribution in [3.8, 4) is 11.4 Å². The smallest absolute Gasteiger partial charge is 0.225 e. The zero-order chi connectivity index (χ0) is 13.4. The molecule has 6 heteroatoms. The Kier molecular flexibility index (Phi) is 2.77. The molecular weight excluding hydrogens is 242 g/mol. The quantitative estimate of drug-likeness (QED) is 0.892. The van der Waals surface area contributed by atoms with Crippen molar-refractivity contribution in [2.75, 3.05) is 14.1 Å². The summed E-state index contributed by atoms with van der Waals surface area (Å²) < 4.78 is 0. The summed E-state index contributed by atoms with van der Waals surface area (Å²) >= 11 is 0. The highest BCUT2D eigenvalue weighted by Gasteiger charge is 2.44. The molecule has 2 aromatic rings. The van der Waals surface area contributed by atoms with Crippen molar-refractivity contribution in [1.29, 1.82) is 0 Å². The monoisotopic (exact) mass is 257 g/mol. The van der Waals surface area contributed by atoms with E-state index < -0.39 is 0 Å². The minimum Gasteiger partial charge on any atom is -0.349 e. The average molecular weight is 257 g/mol. The number of aromatic amines is 1. The van der Waals surface area contributed by atoms with E-state index in [0.29, 0.717) is 11.7 Å². The molecule has 0 aliphatic heterocycles. The van der Waals surface area contributed by atoms with Crippen LogP contribution in [0, 0.1) is 5.92 Å².